The van der Waals surface area contributed by atoms with Crippen molar-refractivity contribution < 1.29 is 0 Å². The molecule has 0 aliphatic carbocycles. The summed E-state index contributed by atoms with van der Waals surface area (Å²) < 4.78 is 0. The first kappa shape index (κ1) is 27.8. The predicted octanol–water partition coefficient (Wildman–Crippen LogP) is -2.28. The summed E-state index contributed by atoms with van der Waals surface area (Å²) in [6, 6.07) is 0. The Morgan fingerprint density at radius 1 is 0.312 bits per heavy atom. The molecule has 0 aromatic rings. The molecule has 2 rings (SSSR count). The molecule has 10 heteroatoms. The van der Waals surface area contributed by atoms with Gasteiger partial charge in [-0.25, -0.2) is 0 Å². The Morgan fingerprint density at radius 3 is 0.844 bits per heavy atom. The van der Waals surface area contributed by atoms with Crippen LogP contribution in [0.25, 0.3) is 0 Å². The second-order valence-electron chi connectivity index (χ2n) is 8.84. The van der Waals surface area contributed by atoms with Gasteiger partial charge in [-0.1, -0.05) is 0 Å². The first-order valence-corrected chi connectivity index (χ1v) is 13.1. The molecule has 0 saturated carbocycles. The lowest BCUT2D eigenvalue weighted by Gasteiger charge is -2.28. The van der Waals surface area contributed by atoms with Crippen LogP contribution in [0.3, 0.4) is 0 Å². The summed E-state index contributed by atoms with van der Waals surface area (Å²) in [7, 11) is 0. The van der Waals surface area contributed by atoms with Crippen molar-refractivity contribution in [3.8, 4) is 0 Å². The van der Waals surface area contributed by atoms with Crippen molar-refractivity contribution in [3.63, 3.8) is 0 Å². The molecule has 8 N–H and O–H groups in total. The lowest BCUT2D eigenvalue weighted by Crippen LogP contribution is -2.48. The molecule has 2 aliphatic rings. The van der Waals surface area contributed by atoms with Crippen molar-refractivity contribution >= 4 is 0 Å². The molecule has 2 fully saturated rings. The number of hydrogen-bond acceptors (Lipinski definition) is 10. The average Bonchev–Trinajstić information content (AvgIpc) is 2.82. The topological polar surface area (TPSA) is 103 Å². The summed E-state index contributed by atoms with van der Waals surface area (Å²) in [6.07, 6.45) is 4.69. The highest BCUT2D eigenvalue weighted by molar-refractivity contribution is 4.65. The van der Waals surface area contributed by atoms with Crippen molar-refractivity contribution in [2.24, 2.45) is 0 Å². The molecule has 0 aromatic heterocycles. The lowest BCUT2D eigenvalue weighted by molar-refractivity contribution is 0.170. The zero-order valence-corrected chi connectivity index (χ0v) is 20.5. The minimum Gasteiger partial charge on any atom is -0.315 e. The molecular formula is C22H52N10. The molecule has 0 bridgehead atoms. The highest BCUT2D eigenvalue weighted by atomic mass is 15.3. The Hall–Kier alpha value is -0.400. The fourth-order valence-electron chi connectivity index (χ4n) is 3.87. The van der Waals surface area contributed by atoms with Crippen molar-refractivity contribution in [1.29, 1.82) is 0 Å². The van der Waals surface area contributed by atoms with Crippen LogP contribution in [0.5, 0.6) is 0 Å². The van der Waals surface area contributed by atoms with E-state index in [0.29, 0.717) is 0 Å². The van der Waals surface area contributed by atoms with E-state index in [0.717, 1.165) is 118 Å². The van der Waals surface area contributed by atoms with Gasteiger partial charge in [0.05, 0.1) is 0 Å². The maximum Gasteiger partial charge on any atom is 0.0493 e. The molecule has 2 aliphatic heterocycles. The third-order valence-electron chi connectivity index (χ3n) is 5.86. The van der Waals surface area contributed by atoms with E-state index in [1.165, 1.54) is 25.7 Å². The fraction of sp³-hybridized carbons (Fsp3) is 1.00. The van der Waals surface area contributed by atoms with Gasteiger partial charge >= 0.3 is 0 Å². The van der Waals surface area contributed by atoms with Gasteiger partial charge in [-0.05, 0) is 78.0 Å². The molecule has 32 heavy (non-hydrogen) atoms. The summed E-state index contributed by atoms with van der Waals surface area (Å²) >= 11 is 0. The van der Waals surface area contributed by atoms with Crippen molar-refractivity contribution in [2.45, 2.75) is 25.7 Å². The molecule has 10 nitrogen and oxygen atoms in total. The molecule has 2 heterocycles. The van der Waals surface area contributed by atoms with E-state index in [2.05, 4.69) is 52.3 Å². The first-order valence-electron chi connectivity index (χ1n) is 13.1. The van der Waals surface area contributed by atoms with E-state index >= 15 is 0 Å². The van der Waals surface area contributed by atoms with Gasteiger partial charge in [-0.15, -0.1) is 0 Å². The summed E-state index contributed by atoms with van der Waals surface area (Å²) in [5.41, 5.74) is 0. The lowest BCUT2D eigenvalue weighted by atomic mass is 10.4. The Balaban J connectivity index is 1.73. The van der Waals surface area contributed by atoms with Crippen molar-refractivity contribution in [2.75, 3.05) is 118 Å². The average molecular weight is 457 g/mol. The molecule has 0 atom stereocenters. The number of rotatable bonds is 3. The van der Waals surface area contributed by atoms with E-state index in [-0.39, 0.29) is 0 Å². The highest BCUT2D eigenvalue weighted by Gasteiger charge is 2.09. The second kappa shape index (κ2) is 21.2. The molecule has 190 valence electrons. The summed E-state index contributed by atoms with van der Waals surface area (Å²) in [4.78, 5) is 5.01. The van der Waals surface area contributed by atoms with Crippen LogP contribution in [0.4, 0.5) is 0 Å². The van der Waals surface area contributed by atoms with Crippen LogP contribution < -0.4 is 42.5 Å². The van der Waals surface area contributed by atoms with Gasteiger partial charge in [-0.3, -0.25) is 9.80 Å². The first-order chi connectivity index (χ1) is 15.9. The van der Waals surface area contributed by atoms with Crippen LogP contribution in [0.15, 0.2) is 0 Å². The summed E-state index contributed by atoms with van der Waals surface area (Å²) in [5, 5.41) is 28.6. The molecule has 0 unspecified atom stereocenters. The number of nitrogens with zero attached hydrogens (tertiary/aromatic N) is 2. The van der Waals surface area contributed by atoms with E-state index < -0.39 is 0 Å². The maximum atomic E-state index is 3.63. The highest BCUT2D eigenvalue weighted by Crippen LogP contribution is 1.91. The van der Waals surface area contributed by atoms with Gasteiger partial charge in [0.15, 0.2) is 0 Å². The zero-order valence-electron chi connectivity index (χ0n) is 20.5. The van der Waals surface area contributed by atoms with Crippen molar-refractivity contribution in [3.05, 3.63) is 0 Å². The Morgan fingerprint density at radius 2 is 0.562 bits per heavy atom. The summed E-state index contributed by atoms with van der Waals surface area (Å²) in [6.45, 7) is 18.7. The van der Waals surface area contributed by atoms with Crippen molar-refractivity contribution in [1.82, 2.24) is 52.3 Å². The van der Waals surface area contributed by atoms with Gasteiger partial charge in [0.1, 0.15) is 0 Å². The quantitative estimate of drug-likeness (QED) is 0.237. The van der Waals surface area contributed by atoms with Gasteiger partial charge in [0, 0.05) is 65.9 Å². The van der Waals surface area contributed by atoms with E-state index in [1.54, 1.807) is 0 Å². The van der Waals surface area contributed by atoms with E-state index in [4.69, 9.17) is 0 Å². The second-order valence-corrected chi connectivity index (χ2v) is 8.84. The molecule has 0 aromatic carbocycles. The van der Waals surface area contributed by atoms with Gasteiger partial charge in [0.2, 0.25) is 0 Å². The monoisotopic (exact) mass is 456 g/mol. The normalized spacial score (nSPS) is 25.1. The molecule has 0 spiro atoms. The van der Waals surface area contributed by atoms with Crippen LogP contribution in [0.1, 0.15) is 25.7 Å². The Bertz CT molecular complexity index is 333. The Labute approximate surface area is 196 Å². The smallest absolute Gasteiger partial charge is 0.0493 e. The van der Waals surface area contributed by atoms with E-state index in [1.807, 2.05) is 0 Å². The summed E-state index contributed by atoms with van der Waals surface area (Å²) in [5.74, 6) is 0. The van der Waals surface area contributed by atoms with Gasteiger partial charge in [-0.2, -0.15) is 0 Å². The minimum absolute atomic E-state index is 0.942. The van der Waals surface area contributed by atoms with E-state index in [9.17, 15) is 0 Å². The third kappa shape index (κ3) is 16.2. The third-order valence-corrected chi connectivity index (χ3v) is 5.86. The van der Waals surface area contributed by atoms with Gasteiger partial charge in [0.25, 0.3) is 0 Å². The SMILES string of the molecule is C1CNCCNCCCNCN(CCN2CNCCCNCCNCCCNC2)CNC1. The standard InChI is InChI=1S/C22H52N10/c1-5-23-13-14-24-6-2-10-28-20-31(19-27-9-1)17-18-32-21-29-11-3-7-25-15-16-26-8-4-12-30-22-32/h23-30H,1-22H2. The molecule has 0 radical (unpaired) electrons. The fourth-order valence-corrected chi connectivity index (χ4v) is 3.87. The van der Waals surface area contributed by atoms with Gasteiger partial charge < -0.3 is 42.5 Å². The van der Waals surface area contributed by atoms with Crippen LogP contribution in [-0.4, -0.2) is 128 Å². The van der Waals surface area contributed by atoms with Crippen LogP contribution in [0, 0.1) is 0 Å². The maximum absolute atomic E-state index is 3.63. The Kier molecular flexibility index (Phi) is 18.4. The van der Waals surface area contributed by atoms with Crippen LogP contribution in [-0.2, 0) is 0 Å². The number of hydrogen-bond donors (Lipinski definition) is 8. The number of nitrogens with one attached hydrogen (secondary N) is 8. The largest absolute Gasteiger partial charge is 0.315 e. The van der Waals surface area contributed by atoms with Crippen LogP contribution >= 0.6 is 0 Å². The molecular weight excluding hydrogens is 404 g/mol. The molecule has 2 saturated heterocycles. The van der Waals surface area contributed by atoms with Crippen LogP contribution in [0.2, 0.25) is 0 Å². The molecule has 0 amide bonds. The minimum atomic E-state index is 0.942. The predicted molar refractivity (Wildman–Crippen MR) is 135 cm³/mol. The zero-order chi connectivity index (χ0) is 22.4.